The second-order valence-electron chi connectivity index (χ2n) is 4.11. The summed E-state index contributed by atoms with van der Waals surface area (Å²) in [5.74, 6) is 0.0260. The van der Waals surface area contributed by atoms with Gasteiger partial charge in [0.05, 0.1) is 5.69 Å². The number of nitriles is 1. The average molecular weight is 387 g/mol. The molecule has 0 radical (unpaired) electrons. The van der Waals surface area contributed by atoms with E-state index >= 15 is 0 Å². The van der Waals surface area contributed by atoms with Crippen molar-refractivity contribution >= 4 is 49.1 Å². The van der Waals surface area contributed by atoms with Gasteiger partial charge in [0.1, 0.15) is 6.07 Å². The summed E-state index contributed by atoms with van der Waals surface area (Å²) in [7, 11) is 0. The summed E-state index contributed by atoms with van der Waals surface area (Å²) in [6.07, 6.45) is 0. The molecule has 5 nitrogen and oxygen atoms in total. The molecule has 4 N–H and O–H groups in total. The highest BCUT2D eigenvalue weighted by Crippen LogP contribution is 2.34. The van der Waals surface area contributed by atoms with Gasteiger partial charge in [-0.1, -0.05) is 13.8 Å². The van der Waals surface area contributed by atoms with E-state index in [4.69, 9.17) is 16.4 Å². The highest BCUT2D eigenvalue weighted by atomic mass is 79.9. The first-order valence-electron chi connectivity index (χ1n) is 5.44. The first-order valence-corrected chi connectivity index (χ1v) is 7.02. The number of nitrogens with zero attached hydrogens (tertiary/aromatic N) is 2. The fraction of sp³-hybridized carbons (Fsp3) is 0.250. The fourth-order valence-electron chi connectivity index (χ4n) is 1.29. The molecule has 0 heterocycles. The minimum atomic E-state index is -0.374. The SMILES string of the molecule is CC(C)c1cc(Br)c(N/N=C(\C#N)C(=N)N)c(Br)c1. The van der Waals surface area contributed by atoms with Gasteiger partial charge in [-0.3, -0.25) is 10.8 Å². The van der Waals surface area contributed by atoms with Gasteiger partial charge in [-0.05, 0) is 55.5 Å². The summed E-state index contributed by atoms with van der Waals surface area (Å²) in [6.45, 7) is 4.20. The molecule has 19 heavy (non-hydrogen) atoms. The zero-order chi connectivity index (χ0) is 14.6. The van der Waals surface area contributed by atoms with E-state index in [9.17, 15) is 0 Å². The second-order valence-corrected chi connectivity index (χ2v) is 5.82. The summed E-state index contributed by atoms with van der Waals surface area (Å²) >= 11 is 6.89. The lowest BCUT2D eigenvalue weighted by molar-refractivity contribution is 0.865. The molecule has 0 amide bonds. The standard InChI is InChI=1S/C12H13Br2N5/c1-6(2)7-3-8(13)11(9(14)4-7)19-18-10(5-15)12(16)17/h3-4,6,19H,1-2H3,(H3,16,17)/b18-10+. The van der Waals surface area contributed by atoms with Gasteiger partial charge in [0.25, 0.3) is 0 Å². The Kier molecular flexibility index (Phi) is 5.51. The Balaban J connectivity index is 3.10. The van der Waals surface area contributed by atoms with Crippen molar-refractivity contribution in [2.24, 2.45) is 10.8 Å². The molecule has 0 aliphatic carbocycles. The highest BCUT2D eigenvalue weighted by molar-refractivity contribution is 9.11. The van der Waals surface area contributed by atoms with Crippen molar-refractivity contribution in [3.8, 4) is 6.07 Å². The van der Waals surface area contributed by atoms with Gasteiger partial charge >= 0.3 is 0 Å². The number of benzene rings is 1. The molecule has 0 atom stereocenters. The van der Waals surface area contributed by atoms with Crippen LogP contribution < -0.4 is 11.2 Å². The van der Waals surface area contributed by atoms with Gasteiger partial charge in [0.15, 0.2) is 5.84 Å². The molecule has 0 aliphatic heterocycles. The fourth-order valence-corrected chi connectivity index (χ4v) is 2.69. The van der Waals surface area contributed by atoms with Crippen LogP contribution in [-0.2, 0) is 0 Å². The third-order valence-electron chi connectivity index (χ3n) is 2.37. The molecular formula is C12H13Br2N5. The van der Waals surface area contributed by atoms with Gasteiger partial charge in [-0.25, -0.2) is 0 Å². The van der Waals surface area contributed by atoms with E-state index in [1.165, 1.54) is 5.56 Å². The Hall–Kier alpha value is -1.39. The number of hydrogen-bond donors (Lipinski definition) is 3. The summed E-state index contributed by atoms with van der Waals surface area (Å²) < 4.78 is 1.63. The van der Waals surface area contributed by atoms with Gasteiger partial charge in [-0.2, -0.15) is 10.4 Å². The Morgan fingerprint density at radius 1 is 1.42 bits per heavy atom. The van der Waals surface area contributed by atoms with Crippen molar-refractivity contribution in [3.63, 3.8) is 0 Å². The van der Waals surface area contributed by atoms with Crippen molar-refractivity contribution in [2.75, 3.05) is 5.43 Å². The third kappa shape index (κ3) is 4.04. The van der Waals surface area contributed by atoms with Crippen LogP contribution in [0.3, 0.4) is 0 Å². The van der Waals surface area contributed by atoms with Crippen molar-refractivity contribution in [2.45, 2.75) is 19.8 Å². The van der Waals surface area contributed by atoms with E-state index in [2.05, 4.69) is 56.2 Å². The maximum absolute atomic E-state index is 8.76. The molecule has 1 aromatic carbocycles. The summed E-state index contributed by atoms with van der Waals surface area (Å²) in [6, 6.07) is 5.71. The summed E-state index contributed by atoms with van der Waals surface area (Å²) in [5, 5.41) is 19.7. The van der Waals surface area contributed by atoms with Gasteiger partial charge < -0.3 is 5.73 Å². The Morgan fingerprint density at radius 2 is 1.95 bits per heavy atom. The minimum absolute atomic E-state index is 0.160. The molecular weight excluding hydrogens is 374 g/mol. The van der Waals surface area contributed by atoms with Gasteiger partial charge in [0, 0.05) is 8.95 Å². The molecule has 0 saturated heterocycles. The molecule has 0 bridgehead atoms. The molecule has 1 aromatic rings. The quantitative estimate of drug-likeness (QED) is 0.419. The Labute approximate surface area is 128 Å². The number of nitrogens with two attached hydrogens (primary N) is 1. The number of amidine groups is 1. The topological polar surface area (TPSA) is 98.0 Å². The maximum atomic E-state index is 8.76. The molecule has 0 saturated carbocycles. The third-order valence-corrected chi connectivity index (χ3v) is 3.62. The molecule has 100 valence electrons. The molecule has 1 rings (SSSR count). The molecule has 0 aromatic heterocycles. The number of halogens is 2. The first-order chi connectivity index (χ1) is 8.86. The lowest BCUT2D eigenvalue weighted by Crippen LogP contribution is -2.22. The van der Waals surface area contributed by atoms with E-state index < -0.39 is 0 Å². The predicted molar refractivity (Wildman–Crippen MR) is 84.5 cm³/mol. The highest BCUT2D eigenvalue weighted by Gasteiger charge is 2.10. The summed E-state index contributed by atoms with van der Waals surface area (Å²) in [4.78, 5) is 0. The van der Waals surface area contributed by atoms with Crippen LogP contribution in [0.1, 0.15) is 25.3 Å². The monoisotopic (exact) mass is 385 g/mol. The Morgan fingerprint density at radius 3 is 2.32 bits per heavy atom. The zero-order valence-corrected chi connectivity index (χ0v) is 13.6. The first kappa shape index (κ1) is 15.7. The summed E-state index contributed by atoms with van der Waals surface area (Å²) in [5.41, 5.74) is 9.63. The van der Waals surface area contributed by atoms with Crippen LogP contribution >= 0.6 is 31.9 Å². The van der Waals surface area contributed by atoms with Crippen LogP contribution in [-0.4, -0.2) is 11.5 Å². The average Bonchev–Trinajstić information content (AvgIpc) is 2.31. The van der Waals surface area contributed by atoms with E-state index in [-0.39, 0.29) is 11.5 Å². The minimum Gasteiger partial charge on any atom is -0.382 e. The Bertz CT molecular complexity index is 549. The van der Waals surface area contributed by atoms with Crippen molar-refractivity contribution < 1.29 is 0 Å². The largest absolute Gasteiger partial charge is 0.382 e. The van der Waals surface area contributed by atoms with E-state index in [1.807, 2.05) is 12.1 Å². The van der Waals surface area contributed by atoms with Crippen LogP contribution in [0.4, 0.5) is 5.69 Å². The van der Waals surface area contributed by atoms with Crippen LogP contribution in [0.15, 0.2) is 26.2 Å². The number of hydrazone groups is 1. The molecule has 0 unspecified atom stereocenters. The molecule has 7 heteroatoms. The zero-order valence-electron chi connectivity index (χ0n) is 10.5. The number of hydrogen-bond acceptors (Lipinski definition) is 4. The van der Waals surface area contributed by atoms with Crippen molar-refractivity contribution in [1.29, 1.82) is 10.7 Å². The van der Waals surface area contributed by atoms with Crippen LogP contribution in [0.2, 0.25) is 0 Å². The maximum Gasteiger partial charge on any atom is 0.201 e. The lowest BCUT2D eigenvalue weighted by Gasteiger charge is -2.12. The molecule has 0 fully saturated rings. The smallest absolute Gasteiger partial charge is 0.201 e. The van der Waals surface area contributed by atoms with Gasteiger partial charge in [-0.15, -0.1) is 0 Å². The normalized spacial score (nSPS) is 11.3. The van der Waals surface area contributed by atoms with E-state index in [0.29, 0.717) is 11.6 Å². The lowest BCUT2D eigenvalue weighted by atomic mass is 10.0. The van der Waals surface area contributed by atoms with Crippen molar-refractivity contribution in [1.82, 2.24) is 0 Å². The number of rotatable bonds is 4. The second kappa shape index (κ2) is 6.68. The van der Waals surface area contributed by atoms with Crippen LogP contribution in [0.25, 0.3) is 0 Å². The number of anilines is 1. The van der Waals surface area contributed by atoms with E-state index in [1.54, 1.807) is 6.07 Å². The predicted octanol–water partition coefficient (Wildman–Crippen LogP) is 3.56. The van der Waals surface area contributed by atoms with E-state index in [0.717, 1.165) is 8.95 Å². The van der Waals surface area contributed by atoms with Crippen LogP contribution in [0, 0.1) is 16.7 Å². The molecule has 0 aliphatic rings. The van der Waals surface area contributed by atoms with Crippen LogP contribution in [0.5, 0.6) is 0 Å². The van der Waals surface area contributed by atoms with Gasteiger partial charge in [0.2, 0.25) is 5.71 Å². The van der Waals surface area contributed by atoms with Crippen molar-refractivity contribution in [3.05, 3.63) is 26.6 Å². The molecule has 0 spiro atoms. The number of nitrogens with one attached hydrogen (secondary N) is 2.